The maximum atomic E-state index is 12.7. The van der Waals surface area contributed by atoms with E-state index in [1.54, 1.807) is 0 Å². The Hall–Kier alpha value is -2.73. The first-order valence-corrected chi connectivity index (χ1v) is 12.1. The Morgan fingerprint density at radius 2 is 2.00 bits per heavy atom. The number of carbonyl (C=O) groups excluding carboxylic acids is 2. The van der Waals surface area contributed by atoms with Gasteiger partial charge in [0.05, 0.1) is 6.61 Å². The fraction of sp³-hybridized carbons (Fsp3) is 0.519. The van der Waals surface area contributed by atoms with Crippen molar-refractivity contribution in [2.45, 2.75) is 51.9 Å². The lowest BCUT2D eigenvalue weighted by Crippen LogP contribution is -2.41. The van der Waals surface area contributed by atoms with E-state index in [1.165, 1.54) is 16.7 Å². The van der Waals surface area contributed by atoms with Crippen LogP contribution in [0.3, 0.4) is 0 Å². The third-order valence-electron chi connectivity index (χ3n) is 6.78. The predicted molar refractivity (Wildman–Crippen MR) is 128 cm³/mol. The van der Waals surface area contributed by atoms with E-state index in [1.807, 2.05) is 9.80 Å². The lowest BCUT2D eigenvalue weighted by Gasteiger charge is -2.33. The van der Waals surface area contributed by atoms with Gasteiger partial charge in [-0.2, -0.15) is 0 Å². The minimum Gasteiger partial charge on any atom is -0.370 e. The van der Waals surface area contributed by atoms with E-state index in [0.29, 0.717) is 26.1 Å². The number of nitrogens with zero attached hydrogens (tertiary/aromatic N) is 3. The highest BCUT2D eigenvalue weighted by atomic mass is 16.5. The van der Waals surface area contributed by atoms with Crippen LogP contribution >= 0.6 is 0 Å². The van der Waals surface area contributed by atoms with E-state index >= 15 is 0 Å². The van der Waals surface area contributed by atoms with Crippen molar-refractivity contribution in [1.82, 2.24) is 14.8 Å². The maximum absolute atomic E-state index is 12.7. The van der Waals surface area contributed by atoms with Crippen LogP contribution < -0.4 is 0 Å². The molecule has 2 aliphatic rings. The molecule has 6 heteroatoms. The summed E-state index contributed by atoms with van der Waals surface area (Å²) in [4.78, 5) is 33.0. The number of carbonyl (C=O) groups is 2. The Morgan fingerprint density at radius 1 is 1.15 bits per heavy atom. The molecule has 6 nitrogen and oxygen atoms in total. The van der Waals surface area contributed by atoms with Crippen LogP contribution in [-0.4, -0.2) is 66.0 Å². The van der Waals surface area contributed by atoms with Crippen molar-refractivity contribution >= 4 is 11.8 Å². The molecule has 0 aliphatic carbocycles. The van der Waals surface area contributed by atoms with Gasteiger partial charge < -0.3 is 14.5 Å². The first kappa shape index (κ1) is 23.4. The largest absolute Gasteiger partial charge is 0.370 e. The number of rotatable bonds is 8. The van der Waals surface area contributed by atoms with Crippen LogP contribution in [0, 0.1) is 13.8 Å². The van der Waals surface area contributed by atoms with Crippen LogP contribution in [0.2, 0.25) is 0 Å². The second-order valence-electron chi connectivity index (χ2n) is 9.36. The smallest absolute Gasteiger partial charge is 0.248 e. The lowest BCUT2D eigenvalue weighted by molar-refractivity contribution is -0.137. The van der Waals surface area contributed by atoms with Gasteiger partial charge in [0.1, 0.15) is 6.61 Å². The Labute approximate surface area is 196 Å². The van der Waals surface area contributed by atoms with Crippen molar-refractivity contribution in [2.75, 3.05) is 39.4 Å². The molecular weight excluding hydrogens is 414 g/mol. The van der Waals surface area contributed by atoms with Crippen LogP contribution in [0.15, 0.2) is 36.4 Å². The molecular formula is C27H35N3O3. The molecule has 33 heavy (non-hydrogen) atoms. The maximum Gasteiger partial charge on any atom is 0.248 e. The average molecular weight is 450 g/mol. The molecule has 0 radical (unpaired) electrons. The van der Waals surface area contributed by atoms with Crippen molar-refractivity contribution in [1.29, 1.82) is 0 Å². The van der Waals surface area contributed by atoms with E-state index < -0.39 is 0 Å². The molecule has 1 aromatic heterocycles. The minimum absolute atomic E-state index is 0.0280. The van der Waals surface area contributed by atoms with Gasteiger partial charge in [-0.3, -0.25) is 14.6 Å². The van der Waals surface area contributed by atoms with Crippen LogP contribution in [0.4, 0.5) is 0 Å². The number of likely N-dealkylation sites (tertiary alicyclic amines) is 2. The number of amides is 2. The summed E-state index contributed by atoms with van der Waals surface area (Å²) in [6.45, 7) is 7.53. The molecule has 0 bridgehead atoms. The lowest BCUT2D eigenvalue weighted by atomic mass is 9.92. The molecule has 4 rings (SSSR count). The van der Waals surface area contributed by atoms with Gasteiger partial charge in [0.15, 0.2) is 0 Å². The molecule has 2 amide bonds. The Morgan fingerprint density at radius 3 is 2.79 bits per heavy atom. The van der Waals surface area contributed by atoms with Crippen LogP contribution in [0.25, 0.3) is 0 Å². The molecule has 0 spiro atoms. The van der Waals surface area contributed by atoms with Gasteiger partial charge in [-0.05, 0) is 68.4 Å². The summed E-state index contributed by atoms with van der Waals surface area (Å²) in [5.41, 5.74) is 6.03. The molecule has 1 aromatic carbocycles. The zero-order valence-corrected chi connectivity index (χ0v) is 19.9. The van der Waals surface area contributed by atoms with Gasteiger partial charge in [0.25, 0.3) is 0 Å². The average Bonchev–Trinajstić information content (AvgIpc) is 3.22. The van der Waals surface area contributed by atoms with Crippen molar-refractivity contribution in [3.63, 3.8) is 0 Å². The highest BCUT2D eigenvalue weighted by Crippen LogP contribution is 2.27. The summed E-state index contributed by atoms with van der Waals surface area (Å²) >= 11 is 0. The highest BCUT2D eigenvalue weighted by Gasteiger charge is 2.26. The molecule has 2 saturated heterocycles. The number of ether oxygens (including phenoxy) is 1. The predicted octanol–water partition coefficient (Wildman–Crippen LogP) is 3.63. The van der Waals surface area contributed by atoms with Crippen LogP contribution in [0.5, 0.6) is 0 Å². The third kappa shape index (κ3) is 6.20. The number of hydrogen-bond donors (Lipinski definition) is 0. The van der Waals surface area contributed by atoms with Gasteiger partial charge in [-0.25, -0.2) is 0 Å². The SMILES string of the molecule is Cc1cc(Cc2ccccc2C)cc([C@H]2CCCN(C(=O)COCCN3CCCC3=O)C2)n1. The molecule has 2 aromatic rings. The second-order valence-corrected chi connectivity index (χ2v) is 9.36. The summed E-state index contributed by atoms with van der Waals surface area (Å²) in [5, 5.41) is 0. The third-order valence-corrected chi connectivity index (χ3v) is 6.78. The number of aromatic nitrogens is 1. The summed E-state index contributed by atoms with van der Waals surface area (Å²) in [5.74, 6) is 0.469. The Bertz CT molecular complexity index is 990. The molecule has 176 valence electrons. The molecule has 1 atom stereocenters. The number of piperidine rings is 1. The van der Waals surface area contributed by atoms with Gasteiger partial charge in [-0.1, -0.05) is 24.3 Å². The first-order chi connectivity index (χ1) is 16.0. The van der Waals surface area contributed by atoms with Crippen molar-refractivity contribution in [2.24, 2.45) is 0 Å². The number of hydrogen-bond acceptors (Lipinski definition) is 4. The van der Waals surface area contributed by atoms with Crippen molar-refractivity contribution in [3.8, 4) is 0 Å². The monoisotopic (exact) mass is 449 g/mol. The zero-order valence-electron chi connectivity index (χ0n) is 19.9. The van der Waals surface area contributed by atoms with E-state index in [-0.39, 0.29) is 24.3 Å². The summed E-state index contributed by atoms with van der Waals surface area (Å²) in [6.07, 6.45) is 4.47. The molecule has 2 fully saturated rings. The number of pyridine rings is 1. The Balaban J connectivity index is 1.33. The van der Waals surface area contributed by atoms with Gasteiger partial charge in [-0.15, -0.1) is 0 Å². The Kier molecular flexibility index (Phi) is 7.76. The standard InChI is InChI=1S/C27H35N3O3/c1-20-7-3-4-8-23(20)16-22-15-21(2)28-25(17-22)24-9-5-12-30(18-24)27(32)19-33-14-13-29-11-6-10-26(29)31/h3-4,7-8,15,17,24H,5-6,9-14,16,18-19H2,1-2H3/t24-/m0/s1. The number of aryl methyl sites for hydroxylation is 2. The summed E-state index contributed by atoms with van der Waals surface area (Å²) < 4.78 is 5.61. The van der Waals surface area contributed by atoms with E-state index in [2.05, 4.69) is 50.2 Å². The van der Waals surface area contributed by atoms with Crippen molar-refractivity contribution in [3.05, 3.63) is 64.5 Å². The van der Waals surface area contributed by atoms with E-state index in [9.17, 15) is 9.59 Å². The molecule has 0 N–H and O–H groups in total. The minimum atomic E-state index is 0.0280. The fourth-order valence-corrected chi connectivity index (χ4v) is 4.92. The quantitative estimate of drug-likeness (QED) is 0.578. The molecule has 2 aliphatic heterocycles. The summed E-state index contributed by atoms with van der Waals surface area (Å²) in [6, 6.07) is 12.9. The van der Waals surface area contributed by atoms with Gasteiger partial charge >= 0.3 is 0 Å². The zero-order chi connectivity index (χ0) is 23.2. The molecule has 0 unspecified atom stereocenters. The van der Waals surface area contributed by atoms with E-state index in [4.69, 9.17) is 9.72 Å². The van der Waals surface area contributed by atoms with Crippen molar-refractivity contribution < 1.29 is 14.3 Å². The number of benzene rings is 1. The summed E-state index contributed by atoms with van der Waals surface area (Å²) in [7, 11) is 0. The fourth-order valence-electron chi connectivity index (χ4n) is 4.92. The first-order valence-electron chi connectivity index (χ1n) is 12.1. The topological polar surface area (TPSA) is 62.7 Å². The van der Waals surface area contributed by atoms with Gasteiger partial charge in [0, 0.05) is 49.9 Å². The second kappa shape index (κ2) is 10.9. The van der Waals surface area contributed by atoms with Gasteiger partial charge in [0.2, 0.25) is 11.8 Å². The highest BCUT2D eigenvalue weighted by molar-refractivity contribution is 5.78. The molecule has 0 saturated carbocycles. The molecule has 3 heterocycles. The van der Waals surface area contributed by atoms with Crippen LogP contribution in [-0.2, 0) is 20.7 Å². The normalized spacial score (nSPS) is 18.7. The van der Waals surface area contributed by atoms with Crippen LogP contribution in [0.1, 0.15) is 59.7 Å². The van der Waals surface area contributed by atoms with E-state index in [0.717, 1.165) is 50.2 Å².